The number of aromatic nitrogens is 2. The van der Waals surface area contributed by atoms with Gasteiger partial charge in [-0.2, -0.15) is 0 Å². The van der Waals surface area contributed by atoms with Crippen LogP contribution in [0.1, 0.15) is 44.3 Å². The summed E-state index contributed by atoms with van der Waals surface area (Å²) in [5.41, 5.74) is 0. The molecule has 0 bridgehead atoms. The molecule has 2 heterocycles. The van der Waals surface area contributed by atoms with Crippen molar-refractivity contribution in [2.24, 2.45) is 0 Å². The van der Waals surface area contributed by atoms with Crippen molar-refractivity contribution in [3.8, 4) is 0 Å². The molecule has 1 aromatic rings. The van der Waals surface area contributed by atoms with E-state index in [-0.39, 0.29) is 11.9 Å². The van der Waals surface area contributed by atoms with Gasteiger partial charge in [0.1, 0.15) is 17.5 Å². The summed E-state index contributed by atoms with van der Waals surface area (Å²) in [6.45, 7) is 3.70. The first-order valence-corrected chi connectivity index (χ1v) is 7.40. The number of carbonyl (C=O) groups excluding carboxylic acids is 1. The van der Waals surface area contributed by atoms with E-state index in [1.807, 2.05) is 6.07 Å². The van der Waals surface area contributed by atoms with E-state index in [9.17, 15) is 4.79 Å². The summed E-state index contributed by atoms with van der Waals surface area (Å²) >= 11 is 0. The van der Waals surface area contributed by atoms with E-state index in [1.165, 1.54) is 12.8 Å². The van der Waals surface area contributed by atoms with Gasteiger partial charge in [0.15, 0.2) is 0 Å². The maximum atomic E-state index is 11.2. The highest BCUT2D eigenvalue weighted by molar-refractivity contribution is 5.79. The number of nitrogens with zero attached hydrogens (tertiary/aromatic N) is 2. The largest absolute Gasteiger partial charge is 0.370 e. The molecule has 1 amide bonds. The minimum absolute atomic E-state index is 0.100. The summed E-state index contributed by atoms with van der Waals surface area (Å²) < 4.78 is 0. The molecule has 20 heavy (non-hydrogen) atoms. The van der Waals surface area contributed by atoms with Crippen molar-refractivity contribution >= 4 is 17.5 Å². The monoisotopic (exact) mass is 275 g/mol. The molecular weight excluding hydrogens is 254 g/mol. The van der Waals surface area contributed by atoms with Crippen molar-refractivity contribution in [1.29, 1.82) is 0 Å². The summed E-state index contributed by atoms with van der Waals surface area (Å²) in [7, 11) is 0. The van der Waals surface area contributed by atoms with E-state index in [1.54, 1.807) is 0 Å². The van der Waals surface area contributed by atoms with Crippen LogP contribution in [0.3, 0.4) is 0 Å². The second-order valence-corrected chi connectivity index (χ2v) is 5.55. The van der Waals surface area contributed by atoms with Gasteiger partial charge in [0.05, 0.1) is 6.04 Å². The van der Waals surface area contributed by atoms with E-state index in [0.29, 0.717) is 18.9 Å². The van der Waals surface area contributed by atoms with E-state index < -0.39 is 0 Å². The van der Waals surface area contributed by atoms with Crippen LogP contribution in [-0.2, 0) is 4.79 Å². The average Bonchev–Trinajstić information content (AvgIpc) is 3.21. The normalized spacial score (nSPS) is 21.6. The molecule has 1 unspecified atom stereocenters. The lowest BCUT2D eigenvalue weighted by atomic mass is 10.2. The van der Waals surface area contributed by atoms with Crippen LogP contribution in [-0.4, -0.2) is 35.0 Å². The molecule has 1 atom stereocenters. The highest BCUT2D eigenvalue weighted by atomic mass is 16.1. The van der Waals surface area contributed by atoms with Gasteiger partial charge < -0.3 is 16.0 Å². The third-order valence-corrected chi connectivity index (χ3v) is 3.57. The van der Waals surface area contributed by atoms with Crippen LogP contribution in [0.4, 0.5) is 11.6 Å². The predicted octanol–water partition coefficient (Wildman–Crippen LogP) is 1.48. The van der Waals surface area contributed by atoms with E-state index >= 15 is 0 Å². The summed E-state index contributed by atoms with van der Waals surface area (Å²) in [6.07, 6.45) is 3.94. The van der Waals surface area contributed by atoms with Gasteiger partial charge in [-0.1, -0.05) is 6.92 Å². The van der Waals surface area contributed by atoms with Crippen molar-refractivity contribution in [3.63, 3.8) is 0 Å². The van der Waals surface area contributed by atoms with Crippen molar-refractivity contribution in [2.45, 2.75) is 44.6 Å². The van der Waals surface area contributed by atoms with Gasteiger partial charge in [0, 0.05) is 31.5 Å². The van der Waals surface area contributed by atoms with E-state index in [0.717, 1.165) is 30.4 Å². The fourth-order valence-corrected chi connectivity index (χ4v) is 2.32. The van der Waals surface area contributed by atoms with Crippen molar-refractivity contribution in [2.75, 3.05) is 23.7 Å². The molecule has 2 aliphatic rings. The Morgan fingerprint density at radius 2 is 2.15 bits per heavy atom. The third-order valence-electron chi connectivity index (χ3n) is 3.57. The number of hydrogen-bond donors (Lipinski definition) is 3. The fraction of sp³-hybridized carbons (Fsp3) is 0.643. The summed E-state index contributed by atoms with van der Waals surface area (Å²) in [5, 5.41) is 9.48. The number of rotatable bonds is 6. The van der Waals surface area contributed by atoms with Gasteiger partial charge in [-0.05, 0) is 19.3 Å². The first-order chi connectivity index (χ1) is 9.74. The molecule has 1 aromatic heterocycles. The zero-order valence-corrected chi connectivity index (χ0v) is 11.8. The van der Waals surface area contributed by atoms with Crippen molar-refractivity contribution < 1.29 is 4.79 Å². The van der Waals surface area contributed by atoms with Crippen LogP contribution in [0.15, 0.2) is 6.07 Å². The molecule has 0 aromatic carbocycles. The van der Waals surface area contributed by atoms with Crippen LogP contribution < -0.4 is 16.0 Å². The molecule has 108 valence electrons. The summed E-state index contributed by atoms with van der Waals surface area (Å²) in [4.78, 5) is 20.4. The molecule has 2 fully saturated rings. The topological polar surface area (TPSA) is 78.9 Å². The minimum atomic E-state index is 0.100. The first-order valence-electron chi connectivity index (χ1n) is 7.40. The van der Waals surface area contributed by atoms with Crippen LogP contribution >= 0.6 is 0 Å². The number of anilines is 2. The van der Waals surface area contributed by atoms with Gasteiger partial charge in [-0.3, -0.25) is 4.79 Å². The lowest BCUT2D eigenvalue weighted by Crippen LogP contribution is -2.23. The molecule has 0 spiro atoms. The minimum Gasteiger partial charge on any atom is -0.370 e. The van der Waals surface area contributed by atoms with E-state index in [4.69, 9.17) is 0 Å². The summed E-state index contributed by atoms with van der Waals surface area (Å²) in [6, 6.07) is 2.06. The Morgan fingerprint density at radius 3 is 2.80 bits per heavy atom. The second kappa shape index (κ2) is 5.64. The predicted molar refractivity (Wildman–Crippen MR) is 77.8 cm³/mol. The molecule has 1 aliphatic heterocycles. The number of amides is 1. The Kier molecular flexibility index (Phi) is 3.71. The smallest absolute Gasteiger partial charge is 0.222 e. The van der Waals surface area contributed by atoms with Crippen molar-refractivity contribution in [1.82, 2.24) is 15.3 Å². The number of nitrogens with one attached hydrogen (secondary N) is 3. The molecule has 6 nitrogen and oxygen atoms in total. The molecule has 1 aliphatic carbocycles. The van der Waals surface area contributed by atoms with Gasteiger partial charge in [0.2, 0.25) is 5.91 Å². The highest BCUT2D eigenvalue weighted by Crippen LogP contribution is 2.38. The number of hydrogen-bond acceptors (Lipinski definition) is 5. The molecule has 0 radical (unpaired) electrons. The maximum Gasteiger partial charge on any atom is 0.222 e. The lowest BCUT2D eigenvalue weighted by molar-refractivity contribution is -0.119. The first kappa shape index (κ1) is 13.1. The average molecular weight is 275 g/mol. The molecular formula is C14H21N5O. The SMILES string of the molecule is CCCNc1cc(NC2CNC(=O)C2)nc(C2CC2)n1. The zero-order chi connectivity index (χ0) is 13.9. The Balaban J connectivity index is 1.74. The molecule has 1 saturated heterocycles. The van der Waals surface area contributed by atoms with Crippen molar-refractivity contribution in [3.05, 3.63) is 11.9 Å². The Labute approximate surface area is 118 Å². The van der Waals surface area contributed by atoms with Gasteiger partial charge in [-0.25, -0.2) is 9.97 Å². The molecule has 3 rings (SSSR count). The molecule has 3 N–H and O–H groups in total. The Morgan fingerprint density at radius 1 is 1.35 bits per heavy atom. The Hall–Kier alpha value is -1.85. The Bertz CT molecular complexity index is 500. The number of carbonyl (C=O) groups is 1. The lowest BCUT2D eigenvalue weighted by Gasteiger charge is -2.14. The van der Waals surface area contributed by atoms with Gasteiger partial charge >= 0.3 is 0 Å². The second-order valence-electron chi connectivity index (χ2n) is 5.55. The van der Waals surface area contributed by atoms with Crippen LogP contribution in [0.5, 0.6) is 0 Å². The van der Waals surface area contributed by atoms with Crippen LogP contribution in [0, 0.1) is 0 Å². The zero-order valence-electron chi connectivity index (χ0n) is 11.8. The van der Waals surface area contributed by atoms with Gasteiger partial charge in [-0.15, -0.1) is 0 Å². The van der Waals surface area contributed by atoms with Gasteiger partial charge in [0.25, 0.3) is 0 Å². The highest BCUT2D eigenvalue weighted by Gasteiger charge is 2.28. The quantitative estimate of drug-likeness (QED) is 0.733. The van der Waals surface area contributed by atoms with E-state index in [2.05, 4.69) is 32.8 Å². The maximum absolute atomic E-state index is 11.2. The van der Waals surface area contributed by atoms with Crippen LogP contribution in [0.25, 0.3) is 0 Å². The standard InChI is InChI=1S/C14H21N5O/c1-2-5-15-11-7-12(17-10-6-13(20)16-8-10)19-14(18-11)9-3-4-9/h7,9-10H,2-6,8H2,1H3,(H,16,20)(H2,15,17,18,19). The van der Waals surface area contributed by atoms with Crippen LogP contribution in [0.2, 0.25) is 0 Å². The fourth-order valence-electron chi connectivity index (χ4n) is 2.32. The molecule has 1 saturated carbocycles. The molecule has 6 heteroatoms. The summed E-state index contributed by atoms with van der Waals surface area (Å²) in [5.74, 6) is 3.24. The third kappa shape index (κ3) is 3.18.